The minimum absolute atomic E-state index is 0.459. The molecule has 18 heavy (non-hydrogen) atoms. The van der Waals surface area contributed by atoms with Crippen molar-refractivity contribution >= 4 is 0 Å². The number of hydrogen-bond donors (Lipinski definition) is 1. The van der Waals surface area contributed by atoms with Crippen LogP contribution in [0.25, 0.3) is 11.1 Å². The average Bonchev–Trinajstić information content (AvgIpc) is 2.93. The van der Waals surface area contributed by atoms with Crippen molar-refractivity contribution in [2.45, 2.75) is 0 Å². The SMILES string of the molecule is c1ccc(-c2cccc(Oc3cn[nH]n3)c2)cc1. The monoisotopic (exact) mass is 237 g/mol. The summed E-state index contributed by atoms with van der Waals surface area (Å²) in [5.41, 5.74) is 2.26. The summed E-state index contributed by atoms with van der Waals surface area (Å²) in [6.07, 6.45) is 1.54. The van der Waals surface area contributed by atoms with E-state index in [2.05, 4.69) is 27.5 Å². The molecule has 0 unspecified atom stereocenters. The summed E-state index contributed by atoms with van der Waals surface area (Å²) >= 11 is 0. The number of ether oxygens (including phenoxy) is 1. The first-order chi connectivity index (χ1) is 8.92. The highest BCUT2D eigenvalue weighted by Gasteiger charge is 2.02. The smallest absolute Gasteiger partial charge is 0.258 e. The van der Waals surface area contributed by atoms with Gasteiger partial charge in [0, 0.05) is 0 Å². The fourth-order valence-electron chi connectivity index (χ4n) is 1.73. The molecule has 3 aromatic rings. The van der Waals surface area contributed by atoms with Crippen LogP contribution in [0.15, 0.2) is 60.8 Å². The summed E-state index contributed by atoms with van der Waals surface area (Å²) in [6.45, 7) is 0. The maximum absolute atomic E-state index is 5.58. The largest absolute Gasteiger partial charge is 0.436 e. The van der Waals surface area contributed by atoms with Crippen LogP contribution in [-0.2, 0) is 0 Å². The van der Waals surface area contributed by atoms with Crippen LogP contribution in [0.1, 0.15) is 0 Å². The first-order valence-electron chi connectivity index (χ1n) is 5.61. The molecule has 0 saturated heterocycles. The second kappa shape index (κ2) is 4.71. The normalized spacial score (nSPS) is 10.2. The third-order valence-corrected chi connectivity index (χ3v) is 2.56. The molecule has 0 bridgehead atoms. The molecule has 1 heterocycles. The number of benzene rings is 2. The van der Waals surface area contributed by atoms with Crippen molar-refractivity contribution in [3.8, 4) is 22.8 Å². The van der Waals surface area contributed by atoms with E-state index in [0.29, 0.717) is 5.88 Å². The lowest BCUT2D eigenvalue weighted by atomic mass is 10.1. The number of nitrogens with zero attached hydrogens (tertiary/aromatic N) is 2. The van der Waals surface area contributed by atoms with Crippen LogP contribution in [0, 0.1) is 0 Å². The summed E-state index contributed by atoms with van der Waals surface area (Å²) in [5.74, 6) is 1.20. The van der Waals surface area contributed by atoms with Crippen LogP contribution in [0.3, 0.4) is 0 Å². The van der Waals surface area contributed by atoms with Crippen molar-refractivity contribution in [1.29, 1.82) is 0 Å². The van der Waals surface area contributed by atoms with Crippen molar-refractivity contribution in [2.75, 3.05) is 0 Å². The quantitative estimate of drug-likeness (QED) is 0.760. The fraction of sp³-hybridized carbons (Fsp3) is 0. The zero-order chi connectivity index (χ0) is 12.2. The zero-order valence-electron chi connectivity index (χ0n) is 9.58. The average molecular weight is 237 g/mol. The molecule has 0 radical (unpaired) electrons. The van der Waals surface area contributed by atoms with Gasteiger partial charge in [0.15, 0.2) is 0 Å². The van der Waals surface area contributed by atoms with Crippen molar-refractivity contribution in [2.24, 2.45) is 0 Å². The molecule has 0 aliphatic rings. The Kier molecular flexibility index (Phi) is 2.75. The topological polar surface area (TPSA) is 50.8 Å². The molecule has 4 nitrogen and oxygen atoms in total. The second-order valence-corrected chi connectivity index (χ2v) is 3.80. The van der Waals surface area contributed by atoms with E-state index < -0.39 is 0 Å². The van der Waals surface area contributed by atoms with E-state index in [4.69, 9.17) is 4.74 Å². The molecule has 88 valence electrons. The Morgan fingerprint density at radius 3 is 2.50 bits per heavy atom. The van der Waals surface area contributed by atoms with Crippen LogP contribution in [0.4, 0.5) is 0 Å². The van der Waals surface area contributed by atoms with Crippen molar-refractivity contribution in [3.63, 3.8) is 0 Å². The third kappa shape index (κ3) is 2.22. The molecule has 0 atom stereocenters. The van der Waals surface area contributed by atoms with Crippen LogP contribution >= 0.6 is 0 Å². The predicted molar refractivity (Wildman–Crippen MR) is 68.3 cm³/mol. The van der Waals surface area contributed by atoms with Gasteiger partial charge in [-0.1, -0.05) is 42.5 Å². The van der Waals surface area contributed by atoms with Gasteiger partial charge in [-0.25, -0.2) is 0 Å². The molecule has 3 rings (SSSR count). The Balaban J connectivity index is 1.90. The Morgan fingerprint density at radius 1 is 0.889 bits per heavy atom. The van der Waals surface area contributed by atoms with E-state index in [1.54, 1.807) is 0 Å². The van der Waals surface area contributed by atoms with Crippen molar-refractivity contribution < 1.29 is 4.74 Å². The second-order valence-electron chi connectivity index (χ2n) is 3.80. The van der Waals surface area contributed by atoms with E-state index in [1.807, 2.05) is 42.5 Å². The maximum Gasteiger partial charge on any atom is 0.258 e. The lowest BCUT2D eigenvalue weighted by molar-refractivity contribution is 0.462. The van der Waals surface area contributed by atoms with E-state index in [9.17, 15) is 0 Å². The Hall–Kier alpha value is -2.62. The summed E-state index contributed by atoms with van der Waals surface area (Å²) < 4.78 is 5.58. The highest BCUT2D eigenvalue weighted by molar-refractivity contribution is 5.64. The molecule has 0 aliphatic carbocycles. The molecule has 1 aromatic heterocycles. The predicted octanol–water partition coefficient (Wildman–Crippen LogP) is 3.26. The van der Waals surface area contributed by atoms with Gasteiger partial charge >= 0.3 is 0 Å². The Labute approximate surface area is 104 Å². The first-order valence-corrected chi connectivity index (χ1v) is 5.61. The van der Waals surface area contributed by atoms with E-state index in [0.717, 1.165) is 16.9 Å². The van der Waals surface area contributed by atoms with Crippen LogP contribution in [0.5, 0.6) is 11.6 Å². The molecule has 2 aromatic carbocycles. The number of rotatable bonds is 3. The van der Waals surface area contributed by atoms with Crippen LogP contribution in [-0.4, -0.2) is 15.4 Å². The minimum Gasteiger partial charge on any atom is -0.436 e. The van der Waals surface area contributed by atoms with Gasteiger partial charge in [-0.2, -0.15) is 10.3 Å². The first kappa shape index (κ1) is 10.5. The van der Waals surface area contributed by atoms with E-state index >= 15 is 0 Å². The number of H-pyrrole nitrogens is 1. The molecule has 0 aliphatic heterocycles. The standard InChI is InChI=1S/C14H11N3O/c1-2-5-11(6-3-1)12-7-4-8-13(9-12)18-14-10-15-17-16-14/h1-10H,(H,15,16,17). The van der Waals surface area contributed by atoms with E-state index in [-0.39, 0.29) is 0 Å². The third-order valence-electron chi connectivity index (χ3n) is 2.56. The molecule has 0 spiro atoms. The zero-order valence-corrected chi connectivity index (χ0v) is 9.58. The van der Waals surface area contributed by atoms with Crippen molar-refractivity contribution in [3.05, 3.63) is 60.8 Å². The van der Waals surface area contributed by atoms with Gasteiger partial charge in [0.1, 0.15) is 11.9 Å². The van der Waals surface area contributed by atoms with E-state index in [1.165, 1.54) is 6.20 Å². The van der Waals surface area contributed by atoms with Gasteiger partial charge < -0.3 is 4.74 Å². The lowest BCUT2D eigenvalue weighted by Gasteiger charge is -2.05. The number of hydrogen-bond acceptors (Lipinski definition) is 3. The Bertz CT molecular complexity index is 621. The molecule has 1 N–H and O–H groups in total. The minimum atomic E-state index is 0.459. The summed E-state index contributed by atoms with van der Waals surface area (Å²) in [6, 6.07) is 18.0. The highest BCUT2D eigenvalue weighted by atomic mass is 16.5. The number of aromatic nitrogens is 3. The molecule has 0 fully saturated rings. The molecular formula is C14H11N3O. The number of nitrogens with one attached hydrogen (secondary N) is 1. The molecular weight excluding hydrogens is 226 g/mol. The summed E-state index contributed by atoms with van der Waals surface area (Å²) in [7, 11) is 0. The molecule has 4 heteroatoms. The maximum atomic E-state index is 5.58. The molecule has 0 amide bonds. The highest BCUT2D eigenvalue weighted by Crippen LogP contribution is 2.25. The number of aromatic amines is 1. The summed E-state index contributed by atoms with van der Waals surface area (Å²) in [5, 5.41) is 10.1. The summed E-state index contributed by atoms with van der Waals surface area (Å²) in [4.78, 5) is 0. The van der Waals surface area contributed by atoms with Crippen LogP contribution in [0.2, 0.25) is 0 Å². The van der Waals surface area contributed by atoms with Gasteiger partial charge in [-0.3, -0.25) is 0 Å². The van der Waals surface area contributed by atoms with Crippen molar-refractivity contribution in [1.82, 2.24) is 15.4 Å². The lowest BCUT2D eigenvalue weighted by Crippen LogP contribution is -1.85. The van der Waals surface area contributed by atoms with Gasteiger partial charge in [0.2, 0.25) is 0 Å². The van der Waals surface area contributed by atoms with Gasteiger partial charge in [0.05, 0.1) is 0 Å². The van der Waals surface area contributed by atoms with Crippen LogP contribution < -0.4 is 4.74 Å². The van der Waals surface area contributed by atoms with Gasteiger partial charge in [-0.15, -0.1) is 5.10 Å². The Morgan fingerprint density at radius 2 is 1.72 bits per heavy atom. The van der Waals surface area contributed by atoms with Gasteiger partial charge in [-0.05, 0) is 23.3 Å². The van der Waals surface area contributed by atoms with Gasteiger partial charge in [0.25, 0.3) is 5.88 Å². The fourth-order valence-corrected chi connectivity index (χ4v) is 1.73. The molecule has 0 saturated carbocycles.